The van der Waals surface area contributed by atoms with Crippen molar-refractivity contribution < 1.29 is 0 Å². The van der Waals surface area contributed by atoms with Gasteiger partial charge in [0.1, 0.15) is 0 Å². The summed E-state index contributed by atoms with van der Waals surface area (Å²) in [6.07, 6.45) is 5.45. The third kappa shape index (κ3) is 3.40. The molecule has 1 saturated carbocycles. The lowest BCUT2D eigenvalue weighted by atomic mass is 9.68. The fourth-order valence-corrected chi connectivity index (χ4v) is 2.98. The predicted molar refractivity (Wildman–Crippen MR) is 79.3 cm³/mol. The number of nitrogens with two attached hydrogens (primary N) is 1. The minimum atomic E-state index is -0.0767. The fourth-order valence-electron chi connectivity index (χ4n) is 2.66. The normalized spacial score (nSPS) is 21.8. The number of rotatable bonds is 2. The quantitative estimate of drug-likeness (QED) is 0.827. The Balaban J connectivity index is 2.07. The summed E-state index contributed by atoms with van der Waals surface area (Å²) in [6.45, 7) is 4.65. The number of hydrogen-bond donors (Lipinski definition) is 1. The van der Waals surface area contributed by atoms with E-state index in [2.05, 4.69) is 13.8 Å². The minimum Gasteiger partial charge on any atom is -0.325 e. The molecule has 2 N–H and O–H groups in total. The fraction of sp³-hybridized carbons (Fsp3) is 0.600. The van der Waals surface area contributed by atoms with Gasteiger partial charge in [0.25, 0.3) is 0 Å². The van der Waals surface area contributed by atoms with Gasteiger partial charge in [-0.15, -0.1) is 0 Å². The molecule has 0 saturated heterocycles. The van der Waals surface area contributed by atoms with Crippen LogP contribution in [-0.2, 0) is 6.42 Å². The number of hydrogen-bond acceptors (Lipinski definition) is 1. The van der Waals surface area contributed by atoms with Crippen LogP contribution in [0.25, 0.3) is 0 Å². The summed E-state index contributed by atoms with van der Waals surface area (Å²) in [5.41, 5.74) is 8.08. The Labute approximate surface area is 120 Å². The lowest BCUT2D eigenvalue weighted by molar-refractivity contribution is 0.164. The second-order valence-corrected chi connectivity index (χ2v) is 7.27. The molecule has 0 unspecified atom stereocenters. The summed E-state index contributed by atoms with van der Waals surface area (Å²) < 4.78 is 0. The molecule has 0 atom stereocenters. The van der Waals surface area contributed by atoms with E-state index in [0.29, 0.717) is 15.5 Å². The van der Waals surface area contributed by atoms with E-state index in [1.165, 1.54) is 18.4 Å². The van der Waals surface area contributed by atoms with E-state index >= 15 is 0 Å². The van der Waals surface area contributed by atoms with Gasteiger partial charge in [-0.2, -0.15) is 0 Å². The zero-order chi connectivity index (χ0) is 13.4. The molecule has 0 heterocycles. The van der Waals surface area contributed by atoms with E-state index in [-0.39, 0.29) is 5.54 Å². The first kappa shape index (κ1) is 14.2. The Morgan fingerprint density at radius 1 is 1.06 bits per heavy atom. The zero-order valence-corrected chi connectivity index (χ0v) is 12.6. The van der Waals surface area contributed by atoms with Gasteiger partial charge in [-0.05, 0) is 55.2 Å². The number of benzene rings is 1. The molecule has 1 aliphatic carbocycles. The Kier molecular flexibility index (Phi) is 3.96. The van der Waals surface area contributed by atoms with Crippen LogP contribution in [0.15, 0.2) is 18.2 Å². The second kappa shape index (κ2) is 5.03. The standard InChI is InChI=1S/C15H21Cl2N/c1-14(2)5-7-15(18,8-6-14)10-11-3-4-12(16)13(17)9-11/h3-4,9H,5-8,10,18H2,1-2H3. The Hall–Kier alpha value is -0.240. The molecule has 1 fully saturated rings. The van der Waals surface area contributed by atoms with Crippen LogP contribution >= 0.6 is 23.2 Å². The summed E-state index contributed by atoms with van der Waals surface area (Å²) >= 11 is 12.0. The van der Waals surface area contributed by atoms with Gasteiger partial charge < -0.3 is 5.73 Å². The summed E-state index contributed by atoms with van der Waals surface area (Å²) in [5.74, 6) is 0. The van der Waals surface area contributed by atoms with E-state index < -0.39 is 0 Å². The van der Waals surface area contributed by atoms with Crippen molar-refractivity contribution in [1.82, 2.24) is 0 Å². The molecule has 0 aromatic heterocycles. The first-order chi connectivity index (χ1) is 8.30. The number of halogens is 2. The average Bonchev–Trinajstić information content (AvgIpc) is 2.29. The Morgan fingerprint density at radius 3 is 2.22 bits per heavy atom. The zero-order valence-electron chi connectivity index (χ0n) is 11.1. The Bertz CT molecular complexity index is 430. The highest BCUT2D eigenvalue weighted by Gasteiger charge is 2.35. The molecule has 0 aliphatic heterocycles. The van der Waals surface area contributed by atoms with Gasteiger partial charge in [0.05, 0.1) is 10.0 Å². The summed E-state index contributed by atoms with van der Waals surface area (Å²) in [7, 11) is 0. The maximum atomic E-state index is 6.52. The molecule has 3 heteroatoms. The molecule has 18 heavy (non-hydrogen) atoms. The largest absolute Gasteiger partial charge is 0.325 e. The van der Waals surface area contributed by atoms with E-state index in [1.54, 1.807) is 0 Å². The molecule has 1 aromatic rings. The molecular formula is C15H21Cl2N. The lowest BCUT2D eigenvalue weighted by Crippen LogP contribution is -2.46. The first-order valence-corrected chi connectivity index (χ1v) is 7.28. The van der Waals surface area contributed by atoms with Crippen LogP contribution in [0.3, 0.4) is 0 Å². The summed E-state index contributed by atoms with van der Waals surface area (Å²) in [4.78, 5) is 0. The predicted octanol–water partition coefficient (Wildman–Crippen LogP) is 4.83. The molecule has 1 aliphatic rings. The molecular weight excluding hydrogens is 265 g/mol. The van der Waals surface area contributed by atoms with E-state index in [1.807, 2.05) is 18.2 Å². The van der Waals surface area contributed by atoms with Crippen LogP contribution < -0.4 is 5.73 Å². The van der Waals surface area contributed by atoms with Crippen LogP contribution in [0.2, 0.25) is 10.0 Å². The monoisotopic (exact) mass is 285 g/mol. The van der Waals surface area contributed by atoms with Crippen molar-refractivity contribution in [2.75, 3.05) is 0 Å². The topological polar surface area (TPSA) is 26.0 Å². The first-order valence-electron chi connectivity index (χ1n) is 6.53. The van der Waals surface area contributed by atoms with Gasteiger partial charge in [-0.25, -0.2) is 0 Å². The highest BCUT2D eigenvalue weighted by Crippen LogP contribution is 2.40. The van der Waals surface area contributed by atoms with Crippen molar-refractivity contribution in [1.29, 1.82) is 0 Å². The van der Waals surface area contributed by atoms with Crippen LogP contribution in [0, 0.1) is 5.41 Å². The van der Waals surface area contributed by atoms with Crippen molar-refractivity contribution >= 4 is 23.2 Å². The molecule has 1 aromatic carbocycles. The molecule has 100 valence electrons. The van der Waals surface area contributed by atoms with Gasteiger partial charge in [0.15, 0.2) is 0 Å². The maximum absolute atomic E-state index is 6.52. The molecule has 0 spiro atoms. The van der Waals surface area contributed by atoms with Crippen LogP contribution in [0.4, 0.5) is 0 Å². The third-order valence-electron chi connectivity index (χ3n) is 4.14. The average molecular weight is 286 g/mol. The minimum absolute atomic E-state index is 0.0767. The van der Waals surface area contributed by atoms with Crippen molar-refractivity contribution in [2.24, 2.45) is 11.1 Å². The van der Waals surface area contributed by atoms with E-state index in [0.717, 1.165) is 19.3 Å². The van der Waals surface area contributed by atoms with Crippen molar-refractivity contribution in [3.8, 4) is 0 Å². The van der Waals surface area contributed by atoms with Gasteiger partial charge in [0, 0.05) is 5.54 Å². The Morgan fingerprint density at radius 2 is 1.67 bits per heavy atom. The molecule has 1 nitrogen and oxygen atoms in total. The van der Waals surface area contributed by atoms with Gasteiger partial charge in [0.2, 0.25) is 0 Å². The highest BCUT2D eigenvalue weighted by molar-refractivity contribution is 6.42. The molecule has 0 amide bonds. The second-order valence-electron chi connectivity index (χ2n) is 6.45. The van der Waals surface area contributed by atoms with Gasteiger partial charge in [-0.3, -0.25) is 0 Å². The maximum Gasteiger partial charge on any atom is 0.0595 e. The van der Waals surface area contributed by atoms with E-state index in [4.69, 9.17) is 28.9 Å². The van der Waals surface area contributed by atoms with Gasteiger partial charge >= 0.3 is 0 Å². The van der Waals surface area contributed by atoms with Crippen LogP contribution in [0.1, 0.15) is 45.1 Å². The summed E-state index contributed by atoms with van der Waals surface area (Å²) in [5, 5.41) is 1.23. The smallest absolute Gasteiger partial charge is 0.0595 e. The summed E-state index contributed by atoms with van der Waals surface area (Å²) in [6, 6.07) is 5.83. The van der Waals surface area contributed by atoms with Crippen LogP contribution in [-0.4, -0.2) is 5.54 Å². The molecule has 2 rings (SSSR count). The highest BCUT2D eigenvalue weighted by atomic mass is 35.5. The molecule has 0 radical (unpaired) electrons. The van der Waals surface area contributed by atoms with E-state index in [9.17, 15) is 0 Å². The van der Waals surface area contributed by atoms with Crippen molar-refractivity contribution in [3.63, 3.8) is 0 Å². The SMILES string of the molecule is CC1(C)CCC(N)(Cc2ccc(Cl)c(Cl)c2)CC1. The lowest BCUT2D eigenvalue weighted by Gasteiger charge is -2.41. The third-order valence-corrected chi connectivity index (χ3v) is 4.88. The molecule has 0 bridgehead atoms. The van der Waals surface area contributed by atoms with Crippen molar-refractivity contribution in [2.45, 2.75) is 51.5 Å². The van der Waals surface area contributed by atoms with Crippen molar-refractivity contribution in [3.05, 3.63) is 33.8 Å². The van der Waals surface area contributed by atoms with Gasteiger partial charge in [-0.1, -0.05) is 43.1 Å². The van der Waals surface area contributed by atoms with Crippen LogP contribution in [0.5, 0.6) is 0 Å².